The molecule has 1 amide bonds. The Morgan fingerprint density at radius 3 is 2.71 bits per heavy atom. The van der Waals surface area contributed by atoms with Gasteiger partial charge in [-0.05, 0) is 41.8 Å². The van der Waals surface area contributed by atoms with Crippen LogP contribution in [-0.4, -0.2) is 13.0 Å². The van der Waals surface area contributed by atoms with Gasteiger partial charge in [0.05, 0.1) is 12.1 Å². The Balaban J connectivity index is 2.26. The Bertz CT molecular complexity index is 822. The molecule has 0 atom stereocenters. The molecule has 0 radical (unpaired) electrons. The summed E-state index contributed by atoms with van der Waals surface area (Å²) in [6, 6.07) is 14.5. The van der Waals surface area contributed by atoms with E-state index in [0.29, 0.717) is 22.0 Å². The summed E-state index contributed by atoms with van der Waals surface area (Å²) >= 11 is 6.07. The Morgan fingerprint density at radius 1 is 1.33 bits per heavy atom. The summed E-state index contributed by atoms with van der Waals surface area (Å²) in [6.07, 6.45) is 2.28. The van der Waals surface area contributed by atoms with Crippen molar-refractivity contribution < 1.29 is 9.53 Å². The molecule has 122 valence electrons. The monoisotopic (exact) mass is 340 g/mol. The van der Waals surface area contributed by atoms with Gasteiger partial charge in [-0.1, -0.05) is 42.8 Å². The number of rotatable bonds is 5. The Morgan fingerprint density at radius 2 is 2.08 bits per heavy atom. The van der Waals surface area contributed by atoms with Crippen LogP contribution < -0.4 is 10.1 Å². The number of aryl methyl sites for hydroxylation is 1. The number of ether oxygens (including phenoxy) is 1. The van der Waals surface area contributed by atoms with Gasteiger partial charge < -0.3 is 10.1 Å². The maximum atomic E-state index is 12.4. The van der Waals surface area contributed by atoms with Crippen molar-refractivity contribution in [2.75, 3.05) is 12.4 Å². The first-order valence-corrected chi connectivity index (χ1v) is 7.81. The second-order valence-corrected chi connectivity index (χ2v) is 5.44. The number of nitrogens with zero attached hydrogens (tertiary/aromatic N) is 1. The van der Waals surface area contributed by atoms with Crippen LogP contribution in [0.1, 0.15) is 18.1 Å². The van der Waals surface area contributed by atoms with E-state index in [1.807, 2.05) is 37.3 Å². The number of benzene rings is 2. The molecule has 2 aromatic rings. The normalized spacial score (nSPS) is 10.8. The highest BCUT2D eigenvalue weighted by molar-refractivity contribution is 6.32. The Hall–Kier alpha value is -2.77. The van der Waals surface area contributed by atoms with Crippen molar-refractivity contribution in [2.45, 2.75) is 13.3 Å². The molecule has 0 aliphatic heterocycles. The second-order valence-electron chi connectivity index (χ2n) is 5.03. The molecule has 0 saturated carbocycles. The molecular formula is C19H17ClN2O2. The van der Waals surface area contributed by atoms with Crippen molar-refractivity contribution in [3.8, 4) is 11.8 Å². The van der Waals surface area contributed by atoms with Crippen LogP contribution in [0.4, 0.5) is 5.69 Å². The molecule has 0 aromatic heterocycles. The van der Waals surface area contributed by atoms with Gasteiger partial charge in [-0.3, -0.25) is 4.79 Å². The van der Waals surface area contributed by atoms with Gasteiger partial charge in [0.15, 0.2) is 0 Å². The van der Waals surface area contributed by atoms with E-state index in [0.717, 1.165) is 12.0 Å². The van der Waals surface area contributed by atoms with Crippen LogP contribution in [0.5, 0.6) is 5.75 Å². The number of hydrogen-bond donors (Lipinski definition) is 1. The lowest BCUT2D eigenvalue weighted by molar-refractivity contribution is -0.112. The lowest BCUT2D eigenvalue weighted by Crippen LogP contribution is -2.14. The zero-order chi connectivity index (χ0) is 17.5. The predicted octanol–water partition coefficient (Wildman–Crippen LogP) is 4.46. The maximum absolute atomic E-state index is 12.4. The van der Waals surface area contributed by atoms with Gasteiger partial charge in [-0.2, -0.15) is 5.26 Å². The molecule has 0 aliphatic rings. The lowest BCUT2D eigenvalue weighted by Gasteiger charge is -2.09. The second kappa shape index (κ2) is 8.19. The molecule has 5 heteroatoms. The molecule has 0 spiro atoms. The number of nitrogens with one attached hydrogen (secondary N) is 1. The van der Waals surface area contributed by atoms with E-state index in [-0.39, 0.29) is 5.57 Å². The van der Waals surface area contributed by atoms with Gasteiger partial charge in [0, 0.05) is 5.69 Å². The summed E-state index contributed by atoms with van der Waals surface area (Å²) in [5, 5.41) is 12.5. The molecule has 0 heterocycles. The van der Waals surface area contributed by atoms with Gasteiger partial charge in [0.1, 0.15) is 17.4 Å². The molecule has 0 fully saturated rings. The average Bonchev–Trinajstić information content (AvgIpc) is 2.60. The summed E-state index contributed by atoms with van der Waals surface area (Å²) in [5.74, 6) is 0.0824. The Kier molecular flexibility index (Phi) is 6.00. The van der Waals surface area contributed by atoms with Crippen LogP contribution in [0.2, 0.25) is 5.02 Å². The van der Waals surface area contributed by atoms with Crippen molar-refractivity contribution in [1.29, 1.82) is 5.26 Å². The number of halogens is 1. The third-order valence-corrected chi connectivity index (χ3v) is 3.79. The van der Waals surface area contributed by atoms with E-state index in [1.54, 1.807) is 18.2 Å². The number of nitriles is 1. The molecule has 2 aromatic carbocycles. The minimum atomic E-state index is -0.453. The van der Waals surface area contributed by atoms with Crippen LogP contribution in [0.25, 0.3) is 6.08 Å². The van der Waals surface area contributed by atoms with Gasteiger partial charge in [0.25, 0.3) is 5.91 Å². The SMILES string of the molecule is CCc1ccccc1NC(=O)/C(C#N)=C/c1ccc(OC)c(Cl)c1. The van der Waals surface area contributed by atoms with Gasteiger partial charge in [-0.25, -0.2) is 0 Å². The fraction of sp³-hybridized carbons (Fsp3) is 0.158. The summed E-state index contributed by atoms with van der Waals surface area (Å²) in [4.78, 5) is 12.4. The molecule has 1 N–H and O–H groups in total. The van der Waals surface area contributed by atoms with E-state index in [9.17, 15) is 10.1 Å². The fourth-order valence-corrected chi connectivity index (χ4v) is 2.49. The molecular weight excluding hydrogens is 324 g/mol. The summed E-state index contributed by atoms with van der Waals surface area (Å²) < 4.78 is 5.09. The molecule has 0 bridgehead atoms. The van der Waals surface area contributed by atoms with Crippen molar-refractivity contribution in [3.63, 3.8) is 0 Å². The smallest absolute Gasteiger partial charge is 0.266 e. The van der Waals surface area contributed by atoms with Crippen molar-refractivity contribution in [1.82, 2.24) is 0 Å². The Labute approximate surface area is 146 Å². The zero-order valence-electron chi connectivity index (χ0n) is 13.5. The number of para-hydroxylation sites is 1. The van der Waals surface area contributed by atoms with Crippen molar-refractivity contribution in [3.05, 3.63) is 64.2 Å². The third kappa shape index (κ3) is 4.15. The van der Waals surface area contributed by atoms with Crippen LogP contribution in [0.15, 0.2) is 48.0 Å². The topological polar surface area (TPSA) is 62.1 Å². The molecule has 24 heavy (non-hydrogen) atoms. The highest BCUT2D eigenvalue weighted by atomic mass is 35.5. The largest absolute Gasteiger partial charge is 0.495 e. The number of methoxy groups -OCH3 is 1. The quantitative estimate of drug-likeness (QED) is 0.645. The van der Waals surface area contributed by atoms with Crippen LogP contribution >= 0.6 is 11.6 Å². The maximum Gasteiger partial charge on any atom is 0.266 e. The van der Waals surface area contributed by atoms with Gasteiger partial charge >= 0.3 is 0 Å². The molecule has 4 nitrogen and oxygen atoms in total. The van der Waals surface area contributed by atoms with E-state index >= 15 is 0 Å². The molecule has 0 aliphatic carbocycles. The van der Waals surface area contributed by atoms with Gasteiger partial charge in [0.2, 0.25) is 0 Å². The standard InChI is InChI=1S/C19H17ClN2O2/c1-3-14-6-4-5-7-17(14)22-19(23)15(12-21)10-13-8-9-18(24-2)16(20)11-13/h4-11H,3H2,1-2H3,(H,22,23)/b15-10+. The lowest BCUT2D eigenvalue weighted by atomic mass is 10.1. The van der Waals surface area contributed by atoms with Crippen LogP contribution in [0.3, 0.4) is 0 Å². The van der Waals surface area contributed by atoms with Gasteiger partial charge in [-0.15, -0.1) is 0 Å². The number of amides is 1. The minimum absolute atomic E-state index is 0.00198. The van der Waals surface area contributed by atoms with Crippen LogP contribution in [-0.2, 0) is 11.2 Å². The van der Waals surface area contributed by atoms with Crippen molar-refractivity contribution in [2.24, 2.45) is 0 Å². The zero-order valence-corrected chi connectivity index (χ0v) is 14.2. The highest BCUT2D eigenvalue weighted by Crippen LogP contribution is 2.26. The first-order valence-electron chi connectivity index (χ1n) is 7.43. The number of carbonyl (C=O) groups is 1. The highest BCUT2D eigenvalue weighted by Gasteiger charge is 2.11. The molecule has 0 saturated heterocycles. The number of carbonyl (C=O) groups excluding carboxylic acids is 1. The van der Waals surface area contributed by atoms with E-state index in [4.69, 9.17) is 16.3 Å². The summed E-state index contributed by atoms with van der Waals surface area (Å²) in [7, 11) is 1.52. The van der Waals surface area contributed by atoms with E-state index < -0.39 is 5.91 Å². The number of anilines is 1. The number of hydrogen-bond acceptors (Lipinski definition) is 3. The molecule has 2 rings (SSSR count). The van der Waals surface area contributed by atoms with Crippen molar-refractivity contribution >= 4 is 29.3 Å². The van der Waals surface area contributed by atoms with E-state index in [1.165, 1.54) is 13.2 Å². The molecule has 0 unspecified atom stereocenters. The predicted molar refractivity (Wildman–Crippen MR) is 96.0 cm³/mol. The van der Waals surface area contributed by atoms with E-state index in [2.05, 4.69) is 5.32 Å². The summed E-state index contributed by atoms with van der Waals surface area (Å²) in [6.45, 7) is 2.01. The first-order chi connectivity index (χ1) is 11.6. The third-order valence-electron chi connectivity index (χ3n) is 3.50. The first kappa shape index (κ1) is 17.6. The summed E-state index contributed by atoms with van der Waals surface area (Å²) in [5.41, 5.74) is 2.37. The fourth-order valence-electron chi connectivity index (χ4n) is 2.23. The van der Waals surface area contributed by atoms with Crippen LogP contribution in [0, 0.1) is 11.3 Å². The minimum Gasteiger partial charge on any atom is -0.495 e. The average molecular weight is 341 g/mol.